The van der Waals surface area contributed by atoms with Crippen molar-refractivity contribution < 1.29 is 9.59 Å². The summed E-state index contributed by atoms with van der Waals surface area (Å²) in [6, 6.07) is 16.5. The lowest BCUT2D eigenvalue weighted by molar-refractivity contribution is -0.116. The third-order valence-corrected chi connectivity index (χ3v) is 3.88. The lowest BCUT2D eigenvalue weighted by Gasteiger charge is -2.15. The average molecular weight is 323 g/mol. The van der Waals surface area contributed by atoms with Crippen molar-refractivity contribution in [3.63, 3.8) is 0 Å². The molecule has 1 atom stereocenters. The van der Waals surface area contributed by atoms with Gasteiger partial charge in [-0.15, -0.1) is 0 Å². The van der Waals surface area contributed by atoms with E-state index in [2.05, 4.69) is 16.0 Å². The molecule has 0 aliphatic heterocycles. The number of carbonyl (C=O) groups is 2. The second-order valence-electron chi connectivity index (χ2n) is 6.05. The Morgan fingerprint density at radius 3 is 2.25 bits per heavy atom. The van der Waals surface area contributed by atoms with Crippen molar-refractivity contribution in [2.75, 3.05) is 10.6 Å². The van der Waals surface area contributed by atoms with Crippen molar-refractivity contribution in [3.8, 4) is 0 Å². The lowest BCUT2D eigenvalue weighted by atomic mass is 10.1. The molecule has 124 valence electrons. The second kappa shape index (κ2) is 7.17. The van der Waals surface area contributed by atoms with Crippen LogP contribution in [-0.4, -0.2) is 23.9 Å². The van der Waals surface area contributed by atoms with Crippen molar-refractivity contribution in [2.45, 2.75) is 31.8 Å². The van der Waals surface area contributed by atoms with Crippen LogP contribution in [0.15, 0.2) is 54.6 Å². The van der Waals surface area contributed by atoms with E-state index in [9.17, 15) is 9.59 Å². The molecule has 5 heteroatoms. The van der Waals surface area contributed by atoms with E-state index < -0.39 is 6.04 Å². The summed E-state index contributed by atoms with van der Waals surface area (Å²) in [6.45, 7) is 1.80. The van der Waals surface area contributed by atoms with Crippen molar-refractivity contribution >= 4 is 23.2 Å². The monoisotopic (exact) mass is 323 g/mol. The largest absolute Gasteiger partial charge is 0.374 e. The molecule has 1 fully saturated rings. The molecule has 0 radical (unpaired) electrons. The summed E-state index contributed by atoms with van der Waals surface area (Å²) < 4.78 is 0. The fraction of sp³-hybridized carbons (Fsp3) is 0.263. The maximum Gasteiger partial charge on any atom is 0.251 e. The first-order valence-corrected chi connectivity index (χ1v) is 8.15. The summed E-state index contributed by atoms with van der Waals surface area (Å²) in [7, 11) is 0. The maximum atomic E-state index is 12.2. The molecule has 5 nitrogen and oxygen atoms in total. The van der Waals surface area contributed by atoms with Crippen LogP contribution < -0.4 is 16.0 Å². The van der Waals surface area contributed by atoms with E-state index in [4.69, 9.17) is 0 Å². The van der Waals surface area contributed by atoms with Gasteiger partial charge in [0.15, 0.2) is 0 Å². The van der Waals surface area contributed by atoms with Gasteiger partial charge in [-0.25, -0.2) is 0 Å². The Morgan fingerprint density at radius 2 is 1.62 bits per heavy atom. The first-order chi connectivity index (χ1) is 11.6. The van der Waals surface area contributed by atoms with Gasteiger partial charge in [0.05, 0.1) is 0 Å². The zero-order valence-corrected chi connectivity index (χ0v) is 13.6. The van der Waals surface area contributed by atoms with Gasteiger partial charge in [-0.1, -0.05) is 18.2 Å². The van der Waals surface area contributed by atoms with Gasteiger partial charge in [-0.2, -0.15) is 0 Å². The Labute approximate surface area is 141 Å². The Bertz CT molecular complexity index is 709. The van der Waals surface area contributed by atoms with Crippen molar-refractivity contribution in [1.29, 1.82) is 0 Å². The van der Waals surface area contributed by atoms with Crippen LogP contribution in [0, 0.1) is 0 Å². The van der Waals surface area contributed by atoms with E-state index in [0.29, 0.717) is 11.6 Å². The Hall–Kier alpha value is -2.82. The molecule has 1 unspecified atom stereocenters. The molecule has 1 saturated carbocycles. The maximum absolute atomic E-state index is 12.2. The van der Waals surface area contributed by atoms with E-state index in [0.717, 1.165) is 24.2 Å². The van der Waals surface area contributed by atoms with Crippen LogP contribution in [-0.2, 0) is 4.79 Å². The summed E-state index contributed by atoms with van der Waals surface area (Å²) in [5.41, 5.74) is 2.20. The predicted molar refractivity (Wildman–Crippen MR) is 95.1 cm³/mol. The zero-order chi connectivity index (χ0) is 16.9. The standard InChI is InChI=1S/C19H21N3O2/c1-13(18(23)21-15-5-3-2-4-6-15)20-16-9-7-14(8-10-16)19(24)22-17-11-12-17/h2-10,13,17,20H,11-12H2,1H3,(H,21,23)(H,22,24). The lowest BCUT2D eigenvalue weighted by Crippen LogP contribution is -2.31. The highest BCUT2D eigenvalue weighted by atomic mass is 16.2. The van der Waals surface area contributed by atoms with Crippen LogP contribution in [0.25, 0.3) is 0 Å². The minimum atomic E-state index is -0.392. The molecule has 1 aliphatic carbocycles. The number of nitrogens with one attached hydrogen (secondary N) is 3. The van der Waals surface area contributed by atoms with E-state index in [1.165, 1.54) is 0 Å². The topological polar surface area (TPSA) is 70.2 Å². The number of anilines is 2. The van der Waals surface area contributed by atoms with Gasteiger partial charge in [-0.3, -0.25) is 9.59 Å². The molecule has 2 aromatic rings. The molecule has 0 aromatic heterocycles. The highest BCUT2D eigenvalue weighted by Crippen LogP contribution is 2.20. The number of para-hydroxylation sites is 1. The third kappa shape index (κ3) is 4.35. The van der Waals surface area contributed by atoms with Crippen LogP contribution >= 0.6 is 0 Å². The number of amides is 2. The SMILES string of the molecule is CC(Nc1ccc(C(=O)NC2CC2)cc1)C(=O)Nc1ccccc1. The smallest absolute Gasteiger partial charge is 0.251 e. The number of rotatable bonds is 6. The van der Waals surface area contributed by atoms with Gasteiger partial charge in [0.1, 0.15) is 6.04 Å². The molecule has 3 rings (SSSR count). The summed E-state index contributed by atoms with van der Waals surface area (Å²) >= 11 is 0. The van der Waals surface area contributed by atoms with Crippen molar-refractivity contribution in [3.05, 3.63) is 60.2 Å². The van der Waals surface area contributed by atoms with Gasteiger partial charge < -0.3 is 16.0 Å². The van der Waals surface area contributed by atoms with E-state index in [1.807, 2.05) is 42.5 Å². The second-order valence-corrected chi connectivity index (χ2v) is 6.05. The first kappa shape index (κ1) is 16.1. The van der Waals surface area contributed by atoms with Gasteiger partial charge in [0, 0.05) is 23.0 Å². The fourth-order valence-corrected chi connectivity index (χ4v) is 2.30. The molecule has 24 heavy (non-hydrogen) atoms. The molecule has 0 heterocycles. The summed E-state index contributed by atoms with van der Waals surface area (Å²) in [5.74, 6) is -0.157. The molecular weight excluding hydrogens is 302 g/mol. The Balaban J connectivity index is 1.54. The molecular formula is C19H21N3O2. The van der Waals surface area contributed by atoms with Crippen LogP contribution in [0.2, 0.25) is 0 Å². The number of benzene rings is 2. The third-order valence-electron chi connectivity index (χ3n) is 3.88. The minimum Gasteiger partial charge on any atom is -0.374 e. The quantitative estimate of drug-likeness (QED) is 0.765. The van der Waals surface area contributed by atoms with Crippen LogP contribution in [0.4, 0.5) is 11.4 Å². The van der Waals surface area contributed by atoms with Crippen LogP contribution in [0.3, 0.4) is 0 Å². The van der Waals surface area contributed by atoms with Gasteiger partial charge >= 0.3 is 0 Å². The van der Waals surface area contributed by atoms with Crippen LogP contribution in [0.5, 0.6) is 0 Å². The Kier molecular flexibility index (Phi) is 4.79. The highest BCUT2D eigenvalue weighted by molar-refractivity contribution is 5.97. The Morgan fingerprint density at radius 1 is 0.958 bits per heavy atom. The first-order valence-electron chi connectivity index (χ1n) is 8.15. The van der Waals surface area contributed by atoms with Crippen molar-refractivity contribution in [2.24, 2.45) is 0 Å². The van der Waals surface area contributed by atoms with Gasteiger partial charge in [0.2, 0.25) is 5.91 Å². The summed E-state index contributed by atoms with van der Waals surface area (Å²) in [6.07, 6.45) is 2.14. The van der Waals surface area contributed by atoms with E-state index >= 15 is 0 Å². The highest BCUT2D eigenvalue weighted by Gasteiger charge is 2.23. The molecule has 2 amide bonds. The summed E-state index contributed by atoms with van der Waals surface area (Å²) in [4.78, 5) is 24.1. The van der Waals surface area contributed by atoms with E-state index in [1.54, 1.807) is 19.1 Å². The average Bonchev–Trinajstić information content (AvgIpc) is 3.40. The molecule has 0 bridgehead atoms. The molecule has 1 aliphatic rings. The van der Waals surface area contributed by atoms with Crippen LogP contribution in [0.1, 0.15) is 30.1 Å². The van der Waals surface area contributed by atoms with Crippen molar-refractivity contribution in [1.82, 2.24) is 5.32 Å². The molecule has 2 aromatic carbocycles. The summed E-state index contributed by atoms with van der Waals surface area (Å²) in [5, 5.41) is 8.94. The van der Waals surface area contributed by atoms with Gasteiger partial charge in [-0.05, 0) is 56.2 Å². The minimum absolute atomic E-state index is 0.0427. The van der Waals surface area contributed by atoms with E-state index in [-0.39, 0.29) is 11.8 Å². The molecule has 0 saturated heterocycles. The number of carbonyl (C=O) groups excluding carboxylic acids is 2. The number of hydrogen-bond acceptors (Lipinski definition) is 3. The normalized spacial score (nSPS) is 14.5. The molecule has 0 spiro atoms. The molecule has 3 N–H and O–H groups in total. The number of hydrogen-bond donors (Lipinski definition) is 3. The zero-order valence-electron chi connectivity index (χ0n) is 13.6. The predicted octanol–water partition coefficient (Wildman–Crippen LogP) is 3.02. The van der Waals surface area contributed by atoms with Gasteiger partial charge in [0.25, 0.3) is 5.91 Å². The fourth-order valence-electron chi connectivity index (χ4n) is 2.30.